The first-order chi connectivity index (χ1) is 15.2. The second-order valence-electron chi connectivity index (χ2n) is 7.60. The zero-order chi connectivity index (χ0) is 23.0. The van der Waals surface area contributed by atoms with Crippen LogP contribution in [0, 0.1) is 13.8 Å². The summed E-state index contributed by atoms with van der Waals surface area (Å²) >= 11 is 6.11. The van der Waals surface area contributed by atoms with E-state index in [1.54, 1.807) is 41.8 Å². The highest BCUT2D eigenvalue weighted by molar-refractivity contribution is 7.89. The van der Waals surface area contributed by atoms with Gasteiger partial charge in [0.25, 0.3) is 5.91 Å². The molecule has 170 valence electrons. The van der Waals surface area contributed by atoms with E-state index in [4.69, 9.17) is 16.1 Å². The summed E-state index contributed by atoms with van der Waals surface area (Å²) in [5.74, 6) is 0.103. The van der Waals surface area contributed by atoms with E-state index in [9.17, 15) is 13.2 Å². The molecule has 9 nitrogen and oxygen atoms in total. The Morgan fingerprint density at radius 2 is 1.91 bits per heavy atom. The average Bonchev–Trinajstić information content (AvgIpc) is 3.36. The van der Waals surface area contributed by atoms with Gasteiger partial charge in [-0.05, 0) is 38.5 Å². The number of benzene rings is 1. The molecule has 0 aliphatic carbocycles. The fraction of sp³-hybridized carbons (Fsp3) is 0.381. The number of aryl methyl sites for hydroxylation is 2. The van der Waals surface area contributed by atoms with Crippen molar-refractivity contribution in [2.75, 3.05) is 26.2 Å². The summed E-state index contributed by atoms with van der Waals surface area (Å²) in [5.41, 5.74) is 2.41. The summed E-state index contributed by atoms with van der Waals surface area (Å²) in [6.07, 6.45) is 2.17. The molecule has 1 aromatic carbocycles. The SMILES string of the molecule is CCc1c(C(=O)N2CCN(S(=O)(=O)c3c(C)noc3C)CC2)cnn1-c1cccc(Cl)c1. The minimum atomic E-state index is -3.73. The second-order valence-corrected chi connectivity index (χ2v) is 9.91. The van der Waals surface area contributed by atoms with E-state index >= 15 is 0 Å². The third kappa shape index (κ3) is 3.94. The van der Waals surface area contributed by atoms with E-state index in [1.807, 2.05) is 19.1 Å². The fourth-order valence-electron chi connectivity index (χ4n) is 4.00. The Kier molecular flexibility index (Phi) is 6.11. The Morgan fingerprint density at radius 3 is 2.50 bits per heavy atom. The molecule has 0 N–H and O–H groups in total. The topological polar surface area (TPSA) is 102 Å². The van der Waals surface area contributed by atoms with Gasteiger partial charge in [0.15, 0.2) is 5.76 Å². The van der Waals surface area contributed by atoms with Gasteiger partial charge in [0, 0.05) is 31.2 Å². The van der Waals surface area contributed by atoms with Crippen LogP contribution in [0.15, 0.2) is 39.9 Å². The lowest BCUT2D eigenvalue weighted by molar-refractivity contribution is 0.0696. The van der Waals surface area contributed by atoms with Crippen LogP contribution in [0.1, 0.15) is 34.4 Å². The van der Waals surface area contributed by atoms with E-state index in [2.05, 4.69) is 10.3 Å². The highest BCUT2D eigenvalue weighted by Crippen LogP contribution is 2.25. The van der Waals surface area contributed by atoms with Gasteiger partial charge in [0.2, 0.25) is 10.0 Å². The molecular formula is C21H24ClN5O4S. The van der Waals surface area contributed by atoms with Gasteiger partial charge in [-0.3, -0.25) is 4.79 Å². The van der Waals surface area contributed by atoms with Crippen LogP contribution in [0.2, 0.25) is 5.02 Å². The summed E-state index contributed by atoms with van der Waals surface area (Å²) in [6.45, 7) is 6.11. The van der Waals surface area contributed by atoms with Crippen molar-refractivity contribution in [2.24, 2.45) is 0 Å². The molecule has 1 aliphatic heterocycles. The molecule has 0 atom stereocenters. The number of sulfonamides is 1. The number of halogens is 1. The van der Waals surface area contributed by atoms with Crippen molar-refractivity contribution in [3.05, 3.63) is 58.2 Å². The molecule has 0 spiro atoms. The highest BCUT2D eigenvalue weighted by atomic mass is 35.5. The lowest BCUT2D eigenvalue weighted by Crippen LogP contribution is -2.50. The number of piperazine rings is 1. The van der Waals surface area contributed by atoms with Crippen LogP contribution in [0.4, 0.5) is 0 Å². The lowest BCUT2D eigenvalue weighted by atomic mass is 10.1. The average molecular weight is 478 g/mol. The molecule has 11 heteroatoms. The standard InChI is InChI=1S/C21H24ClN5O4S/c1-4-19-18(13-23-27(19)17-7-5-6-16(22)12-17)21(28)25-8-10-26(11-9-25)32(29,30)20-14(2)24-31-15(20)3/h5-7,12-13H,4,8-11H2,1-3H3. The van der Waals surface area contributed by atoms with Gasteiger partial charge in [-0.25, -0.2) is 13.1 Å². The summed E-state index contributed by atoms with van der Waals surface area (Å²) in [4.78, 5) is 15.0. The van der Waals surface area contributed by atoms with E-state index in [0.717, 1.165) is 11.4 Å². The molecule has 0 unspecified atom stereocenters. The number of carbonyl (C=O) groups is 1. The maximum Gasteiger partial charge on any atom is 0.257 e. The van der Waals surface area contributed by atoms with Crippen molar-refractivity contribution in [3.8, 4) is 5.69 Å². The van der Waals surface area contributed by atoms with Gasteiger partial charge >= 0.3 is 0 Å². The third-order valence-electron chi connectivity index (χ3n) is 5.58. The van der Waals surface area contributed by atoms with Crippen LogP contribution in [0.3, 0.4) is 0 Å². The normalized spacial score (nSPS) is 15.3. The number of hydrogen-bond acceptors (Lipinski definition) is 6. The van der Waals surface area contributed by atoms with E-state index in [1.165, 1.54) is 4.31 Å². The molecular weight excluding hydrogens is 454 g/mol. The predicted octanol–water partition coefficient (Wildman–Crippen LogP) is 2.84. The maximum absolute atomic E-state index is 13.2. The van der Waals surface area contributed by atoms with Crippen molar-refractivity contribution in [2.45, 2.75) is 32.1 Å². The van der Waals surface area contributed by atoms with Gasteiger partial charge in [-0.2, -0.15) is 9.40 Å². The van der Waals surface area contributed by atoms with Crippen LogP contribution in [-0.4, -0.2) is 64.6 Å². The Morgan fingerprint density at radius 1 is 1.19 bits per heavy atom. The van der Waals surface area contributed by atoms with Gasteiger partial charge in [-0.1, -0.05) is 29.7 Å². The number of hydrogen-bond donors (Lipinski definition) is 0. The highest BCUT2D eigenvalue weighted by Gasteiger charge is 2.35. The smallest absolute Gasteiger partial charge is 0.257 e. The Hall–Kier alpha value is -2.69. The minimum Gasteiger partial charge on any atom is -0.360 e. The van der Waals surface area contributed by atoms with E-state index in [0.29, 0.717) is 22.7 Å². The molecule has 1 aliphatic rings. The van der Waals surface area contributed by atoms with Crippen LogP contribution in [0.25, 0.3) is 5.69 Å². The third-order valence-corrected chi connectivity index (χ3v) is 7.96. The molecule has 1 amide bonds. The van der Waals surface area contributed by atoms with Crippen LogP contribution in [0.5, 0.6) is 0 Å². The minimum absolute atomic E-state index is 0.105. The van der Waals surface area contributed by atoms with Gasteiger partial charge in [-0.15, -0.1) is 0 Å². The molecule has 32 heavy (non-hydrogen) atoms. The summed E-state index contributed by atoms with van der Waals surface area (Å²) in [5, 5.41) is 8.74. The number of amides is 1. The van der Waals surface area contributed by atoms with Gasteiger partial charge < -0.3 is 9.42 Å². The molecule has 0 radical (unpaired) electrons. The van der Waals surface area contributed by atoms with Crippen molar-refractivity contribution < 1.29 is 17.7 Å². The summed E-state index contributed by atoms with van der Waals surface area (Å²) in [7, 11) is -3.73. The van der Waals surface area contributed by atoms with Crippen molar-refractivity contribution >= 4 is 27.5 Å². The molecule has 0 bridgehead atoms. The van der Waals surface area contributed by atoms with Crippen LogP contribution >= 0.6 is 11.6 Å². The number of aromatic nitrogens is 3. The Balaban J connectivity index is 1.52. The van der Waals surface area contributed by atoms with Crippen LogP contribution in [-0.2, 0) is 16.4 Å². The molecule has 4 rings (SSSR count). The van der Waals surface area contributed by atoms with Crippen molar-refractivity contribution in [1.82, 2.24) is 24.1 Å². The Labute approximate surface area is 191 Å². The largest absolute Gasteiger partial charge is 0.360 e. The first-order valence-corrected chi connectivity index (χ1v) is 12.1. The maximum atomic E-state index is 13.2. The van der Waals surface area contributed by atoms with E-state index in [-0.39, 0.29) is 42.7 Å². The molecule has 1 fully saturated rings. The van der Waals surface area contributed by atoms with Gasteiger partial charge in [0.05, 0.1) is 23.1 Å². The van der Waals surface area contributed by atoms with Crippen molar-refractivity contribution in [3.63, 3.8) is 0 Å². The second kappa shape index (κ2) is 8.68. The lowest BCUT2D eigenvalue weighted by Gasteiger charge is -2.33. The number of rotatable bonds is 5. The quantitative estimate of drug-likeness (QED) is 0.560. The number of carbonyl (C=O) groups excluding carboxylic acids is 1. The molecule has 0 saturated carbocycles. The Bertz CT molecular complexity index is 1240. The first kappa shape index (κ1) is 22.5. The van der Waals surface area contributed by atoms with Gasteiger partial charge in [0.1, 0.15) is 10.6 Å². The van der Waals surface area contributed by atoms with Crippen molar-refractivity contribution in [1.29, 1.82) is 0 Å². The van der Waals surface area contributed by atoms with Crippen LogP contribution < -0.4 is 0 Å². The summed E-state index contributed by atoms with van der Waals surface area (Å²) < 4.78 is 34.2. The zero-order valence-electron chi connectivity index (χ0n) is 18.1. The summed E-state index contributed by atoms with van der Waals surface area (Å²) in [6, 6.07) is 7.28. The molecule has 3 aromatic rings. The first-order valence-electron chi connectivity index (χ1n) is 10.3. The molecule has 3 heterocycles. The molecule has 1 saturated heterocycles. The monoisotopic (exact) mass is 477 g/mol. The number of nitrogens with zero attached hydrogens (tertiary/aromatic N) is 5. The van der Waals surface area contributed by atoms with E-state index < -0.39 is 10.0 Å². The molecule has 2 aromatic heterocycles. The zero-order valence-corrected chi connectivity index (χ0v) is 19.6. The predicted molar refractivity (Wildman–Crippen MR) is 119 cm³/mol. The fourth-order valence-corrected chi connectivity index (χ4v) is 5.89.